The number of nitriles is 1. The van der Waals surface area contributed by atoms with Gasteiger partial charge in [-0.15, -0.1) is 0 Å². The average molecular weight is 303 g/mol. The lowest BCUT2D eigenvalue weighted by molar-refractivity contribution is -0.121. The molecule has 0 saturated heterocycles. The lowest BCUT2D eigenvalue weighted by atomic mass is 10.0. The number of amides is 1. The number of carbonyl (C=O) groups excluding carboxylic acids is 1. The molecule has 7 heteroatoms. The first kappa shape index (κ1) is 15.7. The first-order valence-electron chi connectivity index (χ1n) is 5.37. The summed E-state index contributed by atoms with van der Waals surface area (Å²) in [5.41, 5.74) is 0.904. The number of nitrogens with one attached hydrogen (secondary N) is 1. The fraction of sp³-hybridized carbons (Fsp3) is 0.333. The number of benzene rings is 1. The molecule has 0 aliphatic rings. The van der Waals surface area contributed by atoms with Crippen molar-refractivity contribution in [3.05, 3.63) is 35.4 Å². The highest BCUT2D eigenvalue weighted by atomic mass is 35.5. The summed E-state index contributed by atoms with van der Waals surface area (Å²) in [6.45, 7) is -0.479. The van der Waals surface area contributed by atoms with Crippen LogP contribution in [0, 0.1) is 11.3 Å². The molecule has 0 aromatic heterocycles. The molecule has 102 valence electrons. The van der Waals surface area contributed by atoms with E-state index in [0.29, 0.717) is 11.1 Å². The maximum absolute atomic E-state index is 11.3. The van der Waals surface area contributed by atoms with E-state index in [0.717, 1.165) is 0 Å². The van der Waals surface area contributed by atoms with E-state index in [2.05, 4.69) is 5.32 Å². The number of nitrogens with zero attached hydrogens (tertiary/aromatic N) is 1. The van der Waals surface area contributed by atoms with Crippen molar-refractivity contribution >= 4 is 29.1 Å². The van der Waals surface area contributed by atoms with E-state index in [1.54, 1.807) is 0 Å². The molecule has 0 fully saturated rings. The zero-order chi connectivity index (χ0) is 14.4. The van der Waals surface area contributed by atoms with Crippen LogP contribution in [0.2, 0.25) is 0 Å². The molecule has 0 heterocycles. The highest BCUT2D eigenvalue weighted by Crippen LogP contribution is 2.18. The van der Waals surface area contributed by atoms with Gasteiger partial charge in [-0.25, -0.2) is 0 Å². The topological polar surface area (TPSA) is 93.3 Å². The van der Waals surface area contributed by atoms with E-state index in [-0.39, 0.29) is 0 Å². The number of rotatable bonds is 5. The molecule has 1 amide bonds. The second-order valence-corrected chi connectivity index (χ2v) is 4.87. The smallest absolute Gasteiger partial charge is 0.253 e. The molecule has 0 saturated carbocycles. The Balaban J connectivity index is 2.80. The van der Waals surface area contributed by atoms with Crippen LogP contribution in [-0.4, -0.2) is 33.6 Å². The Hall–Kier alpha value is -1.32. The number of halogens is 2. The highest BCUT2D eigenvalue weighted by Gasteiger charge is 2.24. The molecule has 5 nitrogen and oxygen atoms in total. The van der Waals surface area contributed by atoms with Gasteiger partial charge in [0.25, 0.3) is 5.91 Å². The first-order valence-corrected chi connectivity index (χ1v) is 6.24. The van der Waals surface area contributed by atoms with Gasteiger partial charge in [0.15, 0.2) is 4.84 Å². The third kappa shape index (κ3) is 4.37. The Kier molecular flexibility index (Phi) is 6.06. The Morgan fingerprint density at radius 3 is 2.37 bits per heavy atom. The predicted molar refractivity (Wildman–Crippen MR) is 70.6 cm³/mol. The van der Waals surface area contributed by atoms with Crippen LogP contribution in [0.25, 0.3) is 0 Å². The summed E-state index contributed by atoms with van der Waals surface area (Å²) in [6.07, 6.45) is -1.13. The molecular formula is C12H12Cl2N2O3. The number of carbonyl (C=O) groups is 1. The van der Waals surface area contributed by atoms with Crippen LogP contribution >= 0.6 is 23.2 Å². The SMILES string of the molecule is N#Cc1ccc([C@@H](O)[C@@H](CO)NC(=O)C(Cl)Cl)cc1. The molecule has 3 N–H and O–H groups in total. The Morgan fingerprint density at radius 2 is 1.95 bits per heavy atom. The minimum Gasteiger partial charge on any atom is -0.394 e. The summed E-state index contributed by atoms with van der Waals surface area (Å²) in [4.78, 5) is 10.0. The molecule has 0 radical (unpaired) electrons. The molecule has 19 heavy (non-hydrogen) atoms. The number of aliphatic hydroxyl groups is 2. The normalized spacial score (nSPS) is 13.7. The van der Waals surface area contributed by atoms with E-state index >= 15 is 0 Å². The molecule has 0 aliphatic heterocycles. The van der Waals surface area contributed by atoms with Gasteiger partial charge in [-0.3, -0.25) is 4.79 Å². The molecule has 0 aliphatic carbocycles. The van der Waals surface area contributed by atoms with E-state index in [4.69, 9.17) is 28.5 Å². The van der Waals surface area contributed by atoms with Crippen LogP contribution in [0.1, 0.15) is 17.2 Å². The molecule has 0 unspecified atom stereocenters. The molecule has 2 atom stereocenters. The summed E-state index contributed by atoms with van der Waals surface area (Å²) in [7, 11) is 0. The second kappa shape index (κ2) is 7.31. The minimum absolute atomic E-state index is 0.446. The van der Waals surface area contributed by atoms with Crippen LogP contribution in [0.4, 0.5) is 0 Å². The maximum Gasteiger partial charge on any atom is 0.253 e. The number of hydrogen-bond donors (Lipinski definition) is 3. The van der Waals surface area contributed by atoms with E-state index < -0.39 is 29.5 Å². The minimum atomic E-state index is -1.28. The van der Waals surface area contributed by atoms with Crippen molar-refractivity contribution in [2.24, 2.45) is 0 Å². The molecule has 1 aromatic rings. The summed E-state index contributed by atoms with van der Waals surface area (Å²) in [5, 5.41) is 30.2. The van der Waals surface area contributed by atoms with Crippen molar-refractivity contribution in [3.63, 3.8) is 0 Å². The zero-order valence-corrected chi connectivity index (χ0v) is 11.3. The Labute approximate surface area is 120 Å². The fourth-order valence-corrected chi connectivity index (χ4v) is 1.58. The lowest BCUT2D eigenvalue weighted by Gasteiger charge is -2.22. The van der Waals surface area contributed by atoms with E-state index in [9.17, 15) is 15.0 Å². The van der Waals surface area contributed by atoms with Crippen molar-refractivity contribution in [2.45, 2.75) is 17.0 Å². The largest absolute Gasteiger partial charge is 0.394 e. The van der Waals surface area contributed by atoms with Crippen LogP contribution < -0.4 is 5.32 Å². The fourth-order valence-electron chi connectivity index (χ4n) is 1.46. The van der Waals surface area contributed by atoms with Crippen LogP contribution in [0.5, 0.6) is 0 Å². The highest BCUT2D eigenvalue weighted by molar-refractivity contribution is 6.53. The zero-order valence-electron chi connectivity index (χ0n) is 9.75. The molecular weight excluding hydrogens is 291 g/mol. The van der Waals surface area contributed by atoms with Crippen molar-refractivity contribution in [2.75, 3.05) is 6.61 Å². The monoisotopic (exact) mass is 302 g/mol. The number of hydrogen-bond acceptors (Lipinski definition) is 4. The van der Waals surface area contributed by atoms with Gasteiger partial charge in [0.2, 0.25) is 0 Å². The quantitative estimate of drug-likeness (QED) is 0.704. The first-order chi connectivity index (χ1) is 8.99. The summed E-state index contributed by atoms with van der Waals surface area (Å²) in [5.74, 6) is -0.699. The van der Waals surface area contributed by atoms with Gasteiger partial charge in [-0.2, -0.15) is 5.26 Å². The number of alkyl halides is 2. The van der Waals surface area contributed by atoms with Crippen molar-refractivity contribution < 1.29 is 15.0 Å². The van der Waals surface area contributed by atoms with Gasteiger partial charge in [-0.05, 0) is 17.7 Å². The molecule has 0 spiro atoms. The van der Waals surface area contributed by atoms with Gasteiger partial charge >= 0.3 is 0 Å². The van der Waals surface area contributed by atoms with Crippen LogP contribution in [0.3, 0.4) is 0 Å². The number of aliphatic hydroxyl groups excluding tert-OH is 2. The van der Waals surface area contributed by atoms with Gasteiger partial charge in [-0.1, -0.05) is 35.3 Å². The lowest BCUT2D eigenvalue weighted by Crippen LogP contribution is -2.44. The Morgan fingerprint density at radius 1 is 1.37 bits per heavy atom. The van der Waals surface area contributed by atoms with Crippen molar-refractivity contribution in [1.82, 2.24) is 5.32 Å². The maximum atomic E-state index is 11.3. The second-order valence-electron chi connectivity index (χ2n) is 3.78. The predicted octanol–water partition coefficient (Wildman–Crippen LogP) is 0.872. The van der Waals surface area contributed by atoms with E-state index in [1.807, 2.05) is 6.07 Å². The van der Waals surface area contributed by atoms with Gasteiger partial charge < -0.3 is 15.5 Å². The third-order valence-electron chi connectivity index (χ3n) is 2.48. The Bertz CT molecular complexity index is 471. The van der Waals surface area contributed by atoms with Gasteiger partial charge in [0.05, 0.1) is 24.3 Å². The van der Waals surface area contributed by atoms with Crippen molar-refractivity contribution in [3.8, 4) is 6.07 Å². The molecule has 0 bridgehead atoms. The summed E-state index contributed by atoms with van der Waals surface area (Å²) in [6, 6.07) is 7.15. The molecule has 1 aromatic carbocycles. The summed E-state index contributed by atoms with van der Waals surface area (Å²) < 4.78 is 0. The van der Waals surface area contributed by atoms with Crippen LogP contribution in [-0.2, 0) is 4.79 Å². The van der Waals surface area contributed by atoms with Gasteiger partial charge in [0.1, 0.15) is 6.10 Å². The summed E-state index contributed by atoms with van der Waals surface area (Å²) >= 11 is 10.7. The standard InChI is InChI=1S/C12H12Cl2N2O3/c13-11(14)12(19)16-9(6-17)10(18)8-3-1-7(5-15)2-4-8/h1-4,9-11,17-18H,6H2,(H,16,19)/t9-,10-/m1/s1. The van der Waals surface area contributed by atoms with E-state index in [1.165, 1.54) is 24.3 Å². The van der Waals surface area contributed by atoms with Gasteiger partial charge in [0, 0.05) is 0 Å². The van der Waals surface area contributed by atoms with Crippen LogP contribution in [0.15, 0.2) is 24.3 Å². The van der Waals surface area contributed by atoms with Crippen molar-refractivity contribution in [1.29, 1.82) is 5.26 Å². The molecule has 1 rings (SSSR count). The third-order valence-corrected chi connectivity index (χ3v) is 2.88. The average Bonchev–Trinajstić information content (AvgIpc) is 2.43.